The zero-order chi connectivity index (χ0) is 9.35. The Kier molecular flexibility index (Phi) is 2.41. The summed E-state index contributed by atoms with van der Waals surface area (Å²) in [5.41, 5.74) is -0.969. The van der Waals surface area contributed by atoms with Crippen LogP contribution in [0.2, 0.25) is 0 Å². The van der Waals surface area contributed by atoms with Gasteiger partial charge in [0.05, 0.1) is 9.77 Å². The van der Waals surface area contributed by atoms with Crippen molar-refractivity contribution in [1.82, 2.24) is 9.78 Å². The molecule has 0 bridgehead atoms. The van der Waals surface area contributed by atoms with Crippen LogP contribution in [0, 0.1) is 3.57 Å². The summed E-state index contributed by atoms with van der Waals surface area (Å²) in [5.74, 6) is -0.887. The summed E-state index contributed by atoms with van der Waals surface area (Å²) in [4.78, 5) is 10.8. The van der Waals surface area contributed by atoms with E-state index in [9.17, 15) is 4.79 Å². The molecule has 4 nitrogen and oxygen atoms in total. The van der Waals surface area contributed by atoms with E-state index in [-0.39, 0.29) is 0 Å². The Hall–Kier alpha value is -0.590. The lowest BCUT2D eigenvalue weighted by molar-refractivity contribution is -0.146. The molecule has 0 spiro atoms. The van der Waals surface area contributed by atoms with E-state index in [0.29, 0.717) is 0 Å². The average Bonchev–Trinajstić information content (AvgIpc) is 2.35. The molecule has 0 amide bonds. The molecule has 0 atom stereocenters. The predicted molar refractivity (Wildman–Crippen MR) is 51.9 cm³/mol. The molecule has 12 heavy (non-hydrogen) atoms. The molecule has 0 saturated carbocycles. The molecule has 5 heteroatoms. The average molecular weight is 280 g/mol. The van der Waals surface area contributed by atoms with Crippen LogP contribution in [-0.2, 0) is 10.3 Å². The largest absolute Gasteiger partial charge is 0.479 e. The molecule has 1 aromatic rings. The normalized spacial score (nSPS) is 11.6. The molecule has 0 aliphatic heterocycles. The van der Waals surface area contributed by atoms with E-state index in [0.717, 1.165) is 3.57 Å². The van der Waals surface area contributed by atoms with E-state index in [4.69, 9.17) is 5.11 Å². The topological polar surface area (TPSA) is 55.1 Å². The van der Waals surface area contributed by atoms with Crippen molar-refractivity contribution in [2.45, 2.75) is 19.4 Å². The third kappa shape index (κ3) is 1.60. The highest BCUT2D eigenvalue weighted by atomic mass is 127. The summed E-state index contributed by atoms with van der Waals surface area (Å²) < 4.78 is 2.37. The Labute approximate surface area is 83.7 Å². The van der Waals surface area contributed by atoms with Crippen LogP contribution in [0.1, 0.15) is 13.8 Å². The molecule has 0 aliphatic rings. The molecular weight excluding hydrogens is 271 g/mol. The number of halogens is 1. The fourth-order valence-corrected chi connectivity index (χ4v) is 1.09. The number of rotatable bonds is 2. The number of aromatic nitrogens is 2. The highest BCUT2D eigenvalue weighted by Gasteiger charge is 2.29. The van der Waals surface area contributed by atoms with Crippen LogP contribution in [0.4, 0.5) is 0 Å². The van der Waals surface area contributed by atoms with Crippen LogP contribution in [0.5, 0.6) is 0 Å². The Morgan fingerprint density at radius 2 is 2.33 bits per heavy atom. The number of hydrogen-bond acceptors (Lipinski definition) is 2. The van der Waals surface area contributed by atoms with Gasteiger partial charge in [-0.05, 0) is 36.4 Å². The van der Waals surface area contributed by atoms with Gasteiger partial charge in [-0.1, -0.05) is 0 Å². The summed E-state index contributed by atoms with van der Waals surface area (Å²) in [5, 5.41) is 12.8. The molecule has 1 aromatic heterocycles. The highest BCUT2D eigenvalue weighted by molar-refractivity contribution is 14.1. The Morgan fingerprint density at radius 1 is 1.75 bits per heavy atom. The van der Waals surface area contributed by atoms with Gasteiger partial charge in [0.15, 0.2) is 5.54 Å². The second-order valence-electron chi connectivity index (χ2n) is 2.97. The first-order valence-electron chi connectivity index (χ1n) is 3.38. The van der Waals surface area contributed by atoms with Crippen molar-refractivity contribution in [1.29, 1.82) is 0 Å². The zero-order valence-electron chi connectivity index (χ0n) is 6.78. The van der Waals surface area contributed by atoms with Gasteiger partial charge in [0.25, 0.3) is 0 Å². The lowest BCUT2D eigenvalue weighted by Gasteiger charge is -2.19. The number of nitrogens with zero attached hydrogens (tertiary/aromatic N) is 2. The van der Waals surface area contributed by atoms with Gasteiger partial charge in [-0.15, -0.1) is 0 Å². The van der Waals surface area contributed by atoms with Crippen molar-refractivity contribution in [3.63, 3.8) is 0 Å². The molecule has 0 fully saturated rings. The molecule has 0 radical (unpaired) electrons. The van der Waals surface area contributed by atoms with Crippen LogP contribution in [-0.4, -0.2) is 20.9 Å². The van der Waals surface area contributed by atoms with E-state index in [1.807, 2.05) is 0 Å². The molecule has 1 heterocycles. The lowest BCUT2D eigenvalue weighted by Crippen LogP contribution is -2.35. The molecule has 0 aliphatic carbocycles. The highest BCUT2D eigenvalue weighted by Crippen LogP contribution is 2.15. The van der Waals surface area contributed by atoms with Gasteiger partial charge in [0, 0.05) is 6.20 Å². The van der Waals surface area contributed by atoms with Gasteiger partial charge < -0.3 is 5.11 Å². The molecule has 66 valence electrons. The van der Waals surface area contributed by atoms with Gasteiger partial charge in [-0.2, -0.15) is 5.10 Å². The minimum absolute atomic E-state index is 0.887. The fourth-order valence-electron chi connectivity index (χ4n) is 0.705. The number of aliphatic carboxylic acids is 1. The first-order chi connectivity index (χ1) is 5.44. The van der Waals surface area contributed by atoms with E-state index in [1.54, 1.807) is 26.2 Å². The molecular formula is C7H9IN2O2. The van der Waals surface area contributed by atoms with Crippen molar-refractivity contribution in [2.75, 3.05) is 0 Å². The second kappa shape index (κ2) is 3.04. The standard InChI is InChI=1S/C7H9IN2O2/c1-7(2,6(11)12)10-4-5(8)3-9-10/h3-4H,1-2H3,(H,11,12). The SMILES string of the molecule is CC(C)(C(=O)O)n1cc(I)cn1. The Morgan fingerprint density at radius 3 is 2.67 bits per heavy atom. The van der Waals surface area contributed by atoms with E-state index in [2.05, 4.69) is 27.7 Å². The van der Waals surface area contributed by atoms with Gasteiger partial charge in [0.1, 0.15) is 0 Å². The summed E-state index contributed by atoms with van der Waals surface area (Å²) in [6.07, 6.45) is 3.33. The van der Waals surface area contributed by atoms with Gasteiger partial charge in [-0.3, -0.25) is 4.68 Å². The fraction of sp³-hybridized carbons (Fsp3) is 0.429. The third-order valence-electron chi connectivity index (χ3n) is 1.65. The smallest absolute Gasteiger partial charge is 0.331 e. The maximum absolute atomic E-state index is 10.8. The summed E-state index contributed by atoms with van der Waals surface area (Å²) in [7, 11) is 0. The second-order valence-corrected chi connectivity index (χ2v) is 4.21. The summed E-state index contributed by atoms with van der Waals surface area (Å²) in [6, 6.07) is 0. The number of hydrogen-bond donors (Lipinski definition) is 1. The van der Waals surface area contributed by atoms with Crippen molar-refractivity contribution in [3.05, 3.63) is 16.0 Å². The Bertz CT molecular complexity index is 306. The maximum Gasteiger partial charge on any atom is 0.331 e. The summed E-state index contributed by atoms with van der Waals surface area (Å²) >= 11 is 2.09. The minimum Gasteiger partial charge on any atom is -0.479 e. The minimum atomic E-state index is -0.969. The number of carbonyl (C=O) groups is 1. The van der Waals surface area contributed by atoms with Crippen LogP contribution in [0.3, 0.4) is 0 Å². The number of carboxylic acids is 1. The Balaban J connectivity index is 3.05. The van der Waals surface area contributed by atoms with Crippen LogP contribution in [0.15, 0.2) is 12.4 Å². The molecule has 0 unspecified atom stereocenters. The van der Waals surface area contributed by atoms with Crippen LogP contribution in [0.25, 0.3) is 0 Å². The first kappa shape index (κ1) is 9.50. The zero-order valence-corrected chi connectivity index (χ0v) is 8.94. The molecule has 1 rings (SSSR count). The van der Waals surface area contributed by atoms with Crippen molar-refractivity contribution in [3.8, 4) is 0 Å². The molecule has 0 aromatic carbocycles. The maximum atomic E-state index is 10.8. The van der Waals surface area contributed by atoms with Crippen LogP contribution >= 0.6 is 22.6 Å². The summed E-state index contributed by atoms with van der Waals surface area (Å²) in [6.45, 7) is 3.22. The van der Waals surface area contributed by atoms with Crippen LogP contribution < -0.4 is 0 Å². The molecule has 0 saturated heterocycles. The monoisotopic (exact) mass is 280 g/mol. The van der Waals surface area contributed by atoms with E-state index < -0.39 is 11.5 Å². The first-order valence-corrected chi connectivity index (χ1v) is 4.46. The van der Waals surface area contributed by atoms with Gasteiger partial charge in [0.2, 0.25) is 0 Å². The third-order valence-corrected chi connectivity index (χ3v) is 2.20. The predicted octanol–water partition coefficient (Wildman–Crippen LogP) is 1.31. The molecule has 1 N–H and O–H groups in total. The van der Waals surface area contributed by atoms with Crippen molar-refractivity contribution in [2.24, 2.45) is 0 Å². The van der Waals surface area contributed by atoms with Crippen molar-refractivity contribution < 1.29 is 9.90 Å². The quantitative estimate of drug-likeness (QED) is 0.831. The van der Waals surface area contributed by atoms with Gasteiger partial charge >= 0.3 is 5.97 Å². The number of carboxylic acid groups (broad SMARTS) is 1. The lowest BCUT2D eigenvalue weighted by atomic mass is 10.1. The van der Waals surface area contributed by atoms with Crippen molar-refractivity contribution >= 4 is 28.6 Å². The van der Waals surface area contributed by atoms with E-state index in [1.165, 1.54) is 4.68 Å². The van der Waals surface area contributed by atoms with E-state index >= 15 is 0 Å². The van der Waals surface area contributed by atoms with Gasteiger partial charge in [-0.25, -0.2) is 4.79 Å².